The molecule has 40 heavy (non-hydrogen) atoms. The Morgan fingerprint density at radius 2 is 1.62 bits per heavy atom. The fourth-order valence-electron chi connectivity index (χ4n) is 4.34. The van der Waals surface area contributed by atoms with Gasteiger partial charge in [0.05, 0.1) is 11.9 Å². The van der Waals surface area contributed by atoms with Gasteiger partial charge in [-0.2, -0.15) is 0 Å². The molecule has 3 aromatic carbocycles. The summed E-state index contributed by atoms with van der Waals surface area (Å²) >= 11 is 5.96. The molecule has 0 saturated heterocycles. The molecule has 3 rings (SSSR count). The van der Waals surface area contributed by atoms with Gasteiger partial charge in [0.2, 0.25) is 21.8 Å². The molecule has 7 nitrogen and oxygen atoms in total. The van der Waals surface area contributed by atoms with E-state index in [1.54, 1.807) is 42.5 Å². The molecular weight excluding hydrogens is 553 g/mol. The fraction of sp³-hybridized carbons (Fsp3) is 0.333. The number of sulfonamides is 1. The lowest BCUT2D eigenvalue weighted by Crippen LogP contribution is -2.50. The van der Waals surface area contributed by atoms with Crippen molar-refractivity contribution in [1.29, 1.82) is 0 Å². The van der Waals surface area contributed by atoms with Crippen molar-refractivity contribution in [3.8, 4) is 0 Å². The summed E-state index contributed by atoms with van der Waals surface area (Å²) in [5, 5.41) is 3.36. The first-order valence-corrected chi connectivity index (χ1v) is 15.4. The van der Waals surface area contributed by atoms with E-state index in [4.69, 9.17) is 11.6 Å². The third kappa shape index (κ3) is 9.06. The van der Waals surface area contributed by atoms with Gasteiger partial charge in [0.25, 0.3) is 0 Å². The van der Waals surface area contributed by atoms with E-state index < -0.39 is 21.9 Å². The molecule has 0 radical (unpaired) electrons. The third-order valence-corrected chi connectivity index (χ3v) is 7.83. The van der Waals surface area contributed by atoms with Crippen LogP contribution in [0.5, 0.6) is 0 Å². The van der Waals surface area contributed by atoms with Crippen molar-refractivity contribution in [2.24, 2.45) is 0 Å². The summed E-state index contributed by atoms with van der Waals surface area (Å²) < 4.78 is 40.9. The van der Waals surface area contributed by atoms with Crippen LogP contribution in [0.3, 0.4) is 0 Å². The van der Waals surface area contributed by atoms with E-state index in [1.165, 1.54) is 15.3 Å². The number of anilines is 1. The van der Waals surface area contributed by atoms with Crippen LogP contribution in [0.4, 0.5) is 10.1 Å². The van der Waals surface area contributed by atoms with Crippen LogP contribution in [0.2, 0.25) is 5.02 Å². The smallest absolute Gasteiger partial charge is 0.243 e. The van der Waals surface area contributed by atoms with E-state index in [0.717, 1.165) is 18.2 Å². The standard InChI is InChI=1S/C30H35ClFN3O4S/c1-3-19-33-30(37)28(21-23-10-5-4-6-11-23)34(22-24-12-7-8-13-27(24)32)29(36)14-9-20-35(40(2,38)39)26-17-15-25(31)16-18-26/h4-8,10-13,15-18,28H,3,9,14,19-22H2,1-2H3,(H,33,37). The number of amides is 2. The Morgan fingerprint density at radius 3 is 2.25 bits per heavy atom. The third-order valence-electron chi connectivity index (χ3n) is 6.39. The van der Waals surface area contributed by atoms with Gasteiger partial charge in [-0.1, -0.05) is 67.1 Å². The van der Waals surface area contributed by atoms with Gasteiger partial charge in [0, 0.05) is 43.1 Å². The number of nitrogens with one attached hydrogen (secondary N) is 1. The molecule has 0 saturated carbocycles. The maximum absolute atomic E-state index is 14.7. The summed E-state index contributed by atoms with van der Waals surface area (Å²) in [6.45, 7) is 2.32. The van der Waals surface area contributed by atoms with Crippen LogP contribution in [-0.4, -0.2) is 50.5 Å². The van der Waals surface area contributed by atoms with Gasteiger partial charge in [-0.3, -0.25) is 13.9 Å². The van der Waals surface area contributed by atoms with Gasteiger partial charge >= 0.3 is 0 Å². The second-order valence-electron chi connectivity index (χ2n) is 9.52. The molecule has 1 atom stereocenters. The monoisotopic (exact) mass is 587 g/mol. The Bertz CT molecular complexity index is 1370. The molecule has 1 N–H and O–H groups in total. The molecule has 214 valence electrons. The number of carbonyl (C=O) groups excluding carboxylic acids is 2. The molecule has 1 unspecified atom stereocenters. The number of hydrogen-bond donors (Lipinski definition) is 1. The molecule has 0 spiro atoms. The number of carbonyl (C=O) groups is 2. The zero-order valence-corrected chi connectivity index (χ0v) is 24.3. The first-order chi connectivity index (χ1) is 19.1. The van der Waals surface area contributed by atoms with Crippen LogP contribution < -0.4 is 9.62 Å². The highest BCUT2D eigenvalue weighted by molar-refractivity contribution is 7.92. The Balaban J connectivity index is 1.87. The molecule has 0 heterocycles. The van der Waals surface area contributed by atoms with Crippen molar-refractivity contribution in [2.75, 3.05) is 23.7 Å². The minimum Gasteiger partial charge on any atom is -0.354 e. The van der Waals surface area contributed by atoms with Crippen molar-refractivity contribution in [1.82, 2.24) is 10.2 Å². The number of nitrogens with zero attached hydrogens (tertiary/aromatic N) is 2. The minimum absolute atomic E-state index is 0.0413. The molecular formula is C30H35ClFN3O4S. The molecule has 0 aliphatic rings. The fourth-order valence-corrected chi connectivity index (χ4v) is 5.43. The summed E-state index contributed by atoms with van der Waals surface area (Å²) in [6, 6.07) is 21.0. The van der Waals surface area contributed by atoms with Crippen molar-refractivity contribution in [3.63, 3.8) is 0 Å². The largest absolute Gasteiger partial charge is 0.354 e. The summed E-state index contributed by atoms with van der Waals surface area (Å²) in [5.41, 5.74) is 1.58. The van der Waals surface area contributed by atoms with Gasteiger partial charge < -0.3 is 10.2 Å². The maximum atomic E-state index is 14.7. The van der Waals surface area contributed by atoms with Crippen molar-refractivity contribution >= 4 is 39.1 Å². The Hall–Kier alpha value is -3.43. The Labute approximate surface area is 241 Å². The van der Waals surface area contributed by atoms with Gasteiger partial charge in [-0.05, 0) is 48.7 Å². The highest BCUT2D eigenvalue weighted by atomic mass is 35.5. The zero-order valence-electron chi connectivity index (χ0n) is 22.7. The number of halogens is 2. The van der Waals surface area contributed by atoms with Gasteiger partial charge in [-0.15, -0.1) is 0 Å². The van der Waals surface area contributed by atoms with E-state index in [-0.39, 0.29) is 49.7 Å². The summed E-state index contributed by atoms with van der Waals surface area (Å²) in [6.07, 6.45) is 2.22. The van der Waals surface area contributed by atoms with Crippen LogP contribution >= 0.6 is 11.6 Å². The number of benzene rings is 3. The van der Waals surface area contributed by atoms with Crippen LogP contribution in [0.1, 0.15) is 37.3 Å². The van der Waals surface area contributed by atoms with Gasteiger partial charge in [-0.25, -0.2) is 12.8 Å². The topological polar surface area (TPSA) is 86.8 Å². The normalized spacial score (nSPS) is 12.0. The van der Waals surface area contributed by atoms with E-state index in [1.807, 2.05) is 37.3 Å². The second-order valence-corrected chi connectivity index (χ2v) is 11.9. The Morgan fingerprint density at radius 1 is 0.975 bits per heavy atom. The van der Waals surface area contributed by atoms with E-state index >= 15 is 0 Å². The maximum Gasteiger partial charge on any atom is 0.243 e. The molecule has 0 fully saturated rings. The van der Waals surface area contributed by atoms with Crippen LogP contribution in [-0.2, 0) is 32.6 Å². The predicted molar refractivity (Wildman–Crippen MR) is 157 cm³/mol. The Kier molecular flexibility index (Phi) is 11.5. The van der Waals surface area contributed by atoms with Crippen LogP contribution in [0.15, 0.2) is 78.9 Å². The van der Waals surface area contributed by atoms with Crippen LogP contribution in [0.25, 0.3) is 0 Å². The lowest BCUT2D eigenvalue weighted by Gasteiger charge is -2.32. The van der Waals surface area contributed by atoms with Gasteiger partial charge in [0.15, 0.2) is 0 Å². The number of rotatable bonds is 14. The summed E-state index contributed by atoms with van der Waals surface area (Å²) in [4.78, 5) is 28.5. The molecule has 0 aliphatic heterocycles. The quantitative estimate of drug-likeness (QED) is 0.281. The van der Waals surface area contributed by atoms with E-state index in [0.29, 0.717) is 17.3 Å². The number of hydrogen-bond acceptors (Lipinski definition) is 4. The summed E-state index contributed by atoms with van der Waals surface area (Å²) in [5.74, 6) is -1.17. The van der Waals surface area contributed by atoms with E-state index in [2.05, 4.69) is 5.32 Å². The molecule has 0 aliphatic carbocycles. The highest BCUT2D eigenvalue weighted by Crippen LogP contribution is 2.22. The van der Waals surface area contributed by atoms with Gasteiger partial charge in [0.1, 0.15) is 11.9 Å². The highest BCUT2D eigenvalue weighted by Gasteiger charge is 2.31. The lowest BCUT2D eigenvalue weighted by molar-refractivity contribution is -0.141. The average molecular weight is 588 g/mol. The lowest BCUT2D eigenvalue weighted by atomic mass is 10.0. The van der Waals surface area contributed by atoms with E-state index in [9.17, 15) is 22.4 Å². The first kappa shape index (κ1) is 31.1. The van der Waals surface area contributed by atoms with Crippen molar-refractivity contribution in [3.05, 3.63) is 101 Å². The van der Waals surface area contributed by atoms with Crippen LogP contribution in [0, 0.1) is 5.82 Å². The molecule has 2 amide bonds. The second kappa shape index (κ2) is 14.8. The predicted octanol–water partition coefficient (Wildman–Crippen LogP) is 5.19. The van der Waals surface area contributed by atoms with Crippen molar-refractivity contribution in [2.45, 2.75) is 45.2 Å². The minimum atomic E-state index is -3.63. The zero-order chi connectivity index (χ0) is 29.1. The molecule has 10 heteroatoms. The molecule has 0 aromatic heterocycles. The SMILES string of the molecule is CCCNC(=O)C(Cc1ccccc1)N(Cc1ccccc1F)C(=O)CCCN(c1ccc(Cl)cc1)S(C)(=O)=O. The van der Waals surface area contributed by atoms with Crippen molar-refractivity contribution < 1.29 is 22.4 Å². The summed E-state index contributed by atoms with van der Waals surface area (Å²) in [7, 11) is -3.63. The molecule has 3 aromatic rings. The molecule has 0 bridgehead atoms. The first-order valence-electron chi connectivity index (χ1n) is 13.2. The average Bonchev–Trinajstić information content (AvgIpc) is 2.93.